The summed E-state index contributed by atoms with van der Waals surface area (Å²) in [5.41, 5.74) is -1.67. The van der Waals surface area contributed by atoms with E-state index in [1.807, 2.05) is 0 Å². The highest BCUT2D eigenvalue weighted by molar-refractivity contribution is 7.86. The predicted molar refractivity (Wildman–Crippen MR) is 136 cm³/mol. The fraction of sp³-hybridized carbons (Fsp3) is 0.667. The molecule has 0 aliphatic carbocycles. The molecule has 0 spiro atoms. The van der Waals surface area contributed by atoms with Crippen LogP contribution in [0.1, 0.15) is 99.8 Å². The smallest absolute Gasteiger partial charge is 0.338 e. The summed E-state index contributed by atoms with van der Waals surface area (Å²) in [5.74, 6) is -3.34. The van der Waals surface area contributed by atoms with Crippen molar-refractivity contribution in [2.75, 3.05) is 24.6 Å². The van der Waals surface area contributed by atoms with E-state index in [-0.39, 0.29) is 0 Å². The van der Waals surface area contributed by atoms with Gasteiger partial charge < -0.3 is 10.2 Å². The fourth-order valence-electron chi connectivity index (χ4n) is 3.79. The first-order valence-electron chi connectivity index (χ1n) is 11.9. The van der Waals surface area contributed by atoms with E-state index < -0.39 is 45.3 Å². The van der Waals surface area contributed by atoms with E-state index in [9.17, 15) is 18.0 Å². The molecule has 0 radical (unpaired) electrons. The minimum atomic E-state index is -4.78. The molecular formula is C24H42O7PS+. The van der Waals surface area contributed by atoms with Gasteiger partial charge in [-0.3, -0.25) is 4.55 Å². The highest BCUT2D eigenvalue weighted by Gasteiger charge is 2.34. The Morgan fingerprint density at radius 1 is 0.758 bits per heavy atom. The van der Waals surface area contributed by atoms with E-state index >= 15 is 0 Å². The van der Waals surface area contributed by atoms with Crippen LogP contribution in [0.25, 0.3) is 0 Å². The average Bonchev–Trinajstić information content (AvgIpc) is 2.77. The van der Waals surface area contributed by atoms with Gasteiger partial charge in [0, 0.05) is 7.26 Å². The van der Waals surface area contributed by atoms with Gasteiger partial charge >= 0.3 is 11.9 Å². The Labute approximate surface area is 200 Å². The molecule has 9 heteroatoms. The molecule has 190 valence electrons. The summed E-state index contributed by atoms with van der Waals surface area (Å²) in [4.78, 5) is 20.5. The fourth-order valence-corrected chi connectivity index (χ4v) is 9.79. The maximum Gasteiger partial charge on any atom is 0.338 e. The van der Waals surface area contributed by atoms with Crippen molar-refractivity contribution in [2.24, 2.45) is 0 Å². The number of rotatable bonds is 15. The van der Waals surface area contributed by atoms with E-state index in [2.05, 4.69) is 27.7 Å². The summed E-state index contributed by atoms with van der Waals surface area (Å²) in [5, 5.41) is 17.4. The number of aromatic carboxylic acids is 2. The molecule has 1 aromatic rings. The van der Waals surface area contributed by atoms with E-state index in [1.165, 1.54) is 51.4 Å². The summed E-state index contributed by atoms with van der Waals surface area (Å²) in [6.07, 6.45) is 17.9. The molecule has 0 bridgehead atoms. The van der Waals surface area contributed by atoms with Crippen molar-refractivity contribution in [2.45, 2.75) is 84.0 Å². The van der Waals surface area contributed by atoms with Crippen molar-refractivity contribution in [3.05, 3.63) is 29.3 Å². The number of carboxylic acid groups (broad SMARTS) is 2. The summed E-state index contributed by atoms with van der Waals surface area (Å²) in [7, 11) is -5.34. The standard InChI is InChI=1S/C16H36P.C8H6O7S/c1-5-9-13-17(14-10-6-2,15-11-7-3)16-12-8-4;9-7(10)4-2-1-3-5(16(13,14)15)6(4)8(11)12/h5-16H2,1-4H3;1-3H,(H,9,10)(H,11,12)(H,13,14,15)/q+1;. The molecule has 0 atom stereocenters. The van der Waals surface area contributed by atoms with Gasteiger partial charge in [0.1, 0.15) is 4.90 Å². The van der Waals surface area contributed by atoms with Crippen molar-refractivity contribution < 1.29 is 32.8 Å². The third kappa shape index (κ3) is 11.5. The van der Waals surface area contributed by atoms with Gasteiger partial charge in [-0.15, -0.1) is 0 Å². The lowest BCUT2D eigenvalue weighted by Crippen LogP contribution is -2.14. The minimum absolute atomic E-state index is 0.562. The molecule has 33 heavy (non-hydrogen) atoms. The Hall–Kier alpha value is -1.50. The summed E-state index contributed by atoms with van der Waals surface area (Å²) < 4.78 is 30.4. The zero-order chi connectivity index (χ0) is 25.5. The van der Waals surface area contributed by atoms with Gasteiger partial charge in [0.25, 0.3) is 10.1 Å². The third-order valence-electron chi connectivity index (χ3n) is 5.69. The maximum atomic E-state index is 10.8. The zero-order valence-corrected chi connectivity index (χ0v) is 22.3. The molecule has 1 rings (SSSR count). The van der Waals surface area contributed by atoms with Crippen LogP contribution in [0.3, 0.4) is 0 Å². The maximum absolute atomic E-state index is 10.8. The van der Waals surface area contributed by atoms with Gasteiger partial charge in [0.2, 0.25) is 0 Å². The Kier molecular flexibility index (Phi) is 15.4. The summed E-state index contributed by atoms with van der Waals surface area (Å²) >= 11 is 0. The Balaban J connectivity index is 0.000000621. The average molecular weight is 506 g/mol. The van der Waals surface area contributed by atoms with Gasteiger partial charge in [-0.25, -0.2) is 9.59 Å². The highest BCUT2D eigenvalue weighted by Crippen LogP contribution is 2.61. The van der Waals surface area contributed by atoms with Crippen LogP contribution in [0.2, 0.25) is 0 Å². The molecule has 0 saturated heterocycles. The van der Waals surface area contributed by atoms with Crippen LogP contribution in [-0.2, 0) is 10.1 Å². The quantitative estimate of drug-likeness (QED) is 0.182. The second-order valence-electron chi connectivity index (χ2n) is 8.41. The number of carbonyl (C=O) groups is 2. The number of benzene rings is 1. The van der Waals surface area contributed by atoms with Gasteiger partial charge in [-0.1, -0.05) is 59.4 Å². The van der Waals surface area contributed by atoms with Crippen LogP contribution in [0, 0.1) is 0 Å². The minimum Gasteiger partial charge on any atom is -0.478 e. The number of carboxylic acids is 2. The van der Waals surface area contributed by atoms with Gasteiger partial charge in [0.05, 0.1) is 35.8 Å². The van der Waals surface area contributed by atoms with Crippen LogP contribution < -0.4 is 0 Å². The van der Waals surface area contributed by atoms with Crippen molar-refractivity contribution in [3.63, 3.8) is 0 Å². The molecule has 0 aliphatic heterocycles. The van der Waals surface area contributed by atoms with Crippen LogP contribution in [-0.4, -0.2) is 59.8 Å². The summed E-state index contributed by atoms with van der Waals surface area (Å²) in [6.45, 7) is 9.42. The highest BCUT2D eigenvalue weighted by atomic mass is 32.2. The number of hydrogen-bond donors (Lipinski definition) is 3. The molecule has 0 fully saturated rings. The van der Waals surface area contributed by atoms with Gasteiger partial charge in [-0.05, 0) is 37.8 Å². The largest absolute Gasteiger partial charge is 0.478 e. The zero-order valence-electron chi connectivity index (χ0n) is 20.5. The SMILES string of the molecule is CCCC[P+](CCCC)(CCCC)CCCC.O=C(O)c1cccc(S(=O)(=O)O)c1C(=O)O. The van der Waals surface area contributed by atoms with E-state index in [0.29, 0.717) is 0 Å². The van der Waals surface area contributed by atoms with Crippen LogP contribution >= 0.6 is 7.26 Å². The molecule has 0 amide bonds. The van der Waals surface area contributed by atoms with Crippen LogP contribution in [0.15, 0.2) is 23.1 Å². The van der Waals surface area contributed by atoms with Crippen LogP contribution in [0.4, 0.5) is 0 Å². The van der Waals surface area contributed by atoms with Gasteiger partial charge in [-0.2, -0.15) is 8.42 Å². The van der Waals surface area contributed by atoms with Crippen molar-refractivity contribution in [1.29, 1.82) is 0 Å². The topological polar surface area (TPSA) is 129 Å². The molecule has 3 N–H and O–H groups in total. The van der Waals surface area contributed by atoms with E-state index in [1.54, 1.807) is 24.6 Å². The first-order valence-corrected chi connectivity index (χ1v) is 15.9. The summed E-state index contributed by atoms with van der Waals surface area (Å²) in [6, 6.07) is 2.77. The van der Waals surface area contributed by atoms with Crippen LogP contribution in [0.5, 0.6) is 0 Å². The lowest BCUT2D eigenvalue weighted by atomic mass is 10.1. The van der Waals surface area contributed by atoms with Crippen molar-refractivity contribution >= 4 is 29.3 Å². The second-order valence-corrected chi connectivity index (χ2v) is 14.3. The second kappa shape index (κ2) is 16.2. The molecular weight excluding hydrogens is 463 g/mol. The molecule has 0 unspecified atom stereocenters. The van der Waals surface area contributed by atoms with E-state index in [0.717, 1.165) is 18.2 Å². The Morgan fingerprint density at radius 2 is 1.15 bits per heavy atom. The molecule has 0 aromatic heterocycles. The molecule has 7 nitrogen and oxygen atoms in total. The predicted octanol–water partition coefficient (Wildman–Crippen LogP) is 6.53. The third-order valence-corrected chi connectivity index (χ3v) is 11.6. The molecule has 0 saturated carbocycles. The normalized spacial score (nSPS) is 11.5. The first kappa shape index (κ1) is 31.5. The lowest BCUT2D eigenvalue weighted by molar-refractivity contribution is 0.0648. The van der Waals surface area contributed by atoms with E-state index in [4.69, 9.17) is 14.8 Å². The number of unbranched alkanes of at least 4 members (excludes halogenated alkanes) is 4. The Morgan fingerprint density at radius 3 is 1.42 bits per heavy atom. The molecule has 1 aromatic carbocycles. The van der Waals surface area contributed by atoms with Gasteiger partial charge in [0.15, 0.2) is 0 Å². The van der Waals surface area contributed by atoms with Crippen molar-refractivity contribution in [1.82, 2.24) is 0 Å². The molecule has 0 aliphatic rings. The molecule has 0 heterocycles. The lowest BCUT2D eigenvalue weighted by Gasteiger charge is -2.28. The first-order chi connectivity index (χ1) is 15.5. The number of hydrogen-bond acceptors (Lipinski definition) is 4. The Bertz CT molecular complexity index is 800. The monoisotopic (exact) mass is 505 g/mol. The van der Waals surface area contributed by atoms with Crippen molar-refractivity contribution in [3.8, 4) is 0 Å².